The first-order valence-corrected chi connectivity index (χ1v) is 6.17. The van der Waals surface area contributed by atoms with Gasteiger partial charge in [0.1, 0.15) is 12.0 Å². The lowest BCUT2D eigenvalue weighted by Crippen LogP contribution is -2.04. The molecule has 1 aromatic heterocycles. The van der Waals surface area contributed by atoms with Crippen molar-refractivity contribution in [2.75, 3.05) is 0 Å². The van der Waals surface area contributed by atoms with Gasteiger partial charge in [-0.05, 0) is 23.8 Å². The van der Waals surface area contributed by atoms with Gasteiger partial charge in [-0.2, -0.15) is 0 Å². The van der Waals surface area contributed by atoms with E-state index in [0.717, 1.165) is 6.07 Å². The number of fused-ring (bicyclic) bond motifs is 1. The third-order valence-electron chi connectivity index (χ3n) is 2.99. The lowest BCUT2D eigenvalue weighted by Gasteiger charge is -2.04. The van der Waals surface area contributed by atoms with Crippen molar-refractivity contribution in [3.8, 4) is 22.6 Å². The number of benzene rings is 2. The van der Waals surface area contributed by atoms with Gasteiger partial charge in [0.25, 0.3) is 0 Å². The van der Waals surface area contributed by atoms with Crippen LogP contribution in [0.3, 0.4) is 0 Å². The van der Waals surface area contributed by atoms with E-state index in [1.165, 1.54) is 12.3 Å². The van der Waals surface area contributed by atoms with E-state index in [9.17, 15) is 15.0 Å². The predicted molar refractivity (Wildman–Crippen MR) is 76.3 cm³/mol. The second-order valence-corrected chi connectivity index (χ2v) is 4.76. The normalized spacial score (nSPS) is 10.8. The van der Waals surface area contributed by atoms with Crippen LogP contribution in [0.5, 0.6) is 11.5 Å². The van der Waals surface area contributed by atoms with E-state index in [1.807, 2.05) is 0 Å². The van der Waals surface area contributed by atoms with E-state index in [-0.39, 0.29) is 27.9 Å². The van der Waals surface area contributed by atoms with Gasteiger partial charge in [0.15, 0.2) is 11.3 Å². The van der Waals surface area contributed by atoms with Crippen LogP contribution in [0.25, 0.3) is 22.1 Å². The number of rotatable bonds is 1. The summed E-state index contributed by atoms with van der Waals surface area (Å²) in [4.78, 5) is 12.4. The smallest absolute Gasteiger partial charge is 0.200 e. The lowest BCUT2D eigenvalue weighted by molar-refractivity contribution is 0.444. The first kappa shape index (κ1) is 12.6. The molecule has 3 aromatic rings. The number of phenols is 2. The van der Waals surface area contributed by atoms with E-state index in [0.29, 0.717) is 16.1 Å². The minimum absolute atomic E-state index is 0.0468. The highest BCUT2D eigenvalue weighted by Gasteiger charge is 2.13. The van der Waals surface area contributed by atoms with Crippen molar-refractivity contribution in [2.45, 2.75) is 0 Å². The highest BCUT2D eigenvalue weighted by Crippen LogP contribution is 2.30. The van der Waals surface area contributed by atoms with Gasteiger partial charge in [0.2, 0.25) is 5.43 Å². The zero-order valence-corrected chi connectivity index (χ0v) is 10.9. The number of aromatic hydroxyl groups is 2. The van der Waals surface area contributed by atoms with E-state index in [4.69, 9.17) is 16.0 Å². The fourth-order valence-corrected chi connectivity index (χ4v) is 2.16. The third kappa shape index (κ3) is 2.00. The quantitative estimate of drug-likeness (QED) is 0.718. The van der Waals surface area contributed by atoms with E-state index >= 15 is 0 Å². The topological polar surface area (TPSA) is 70.7 Å². The molecule has 20 heavy (non-hydrogen) atoms. The van der Waals surface area contributed by atoms with Gasteiger partial charge in [-0.1, -0.05) is 23.7 Å². The summed E-state index contributed by atoms with van der Waals surface area (Å²) in [6, 6.07) is 9.11. The predicted octanol–water partition coefficient (Wildman–Crippen LogP) is 3.52. The number of halogens is 1. The number of phenolic OH excluding ortho intramolecular Hbond substituents is 2. The fourth-order valence-electron chi connectivity index (χ4n) is 2.04. The monoisotopic (exact) mass is 288 g/mol. The second-order valence-electron chi connectivity index (χ2n) is 4.33. The van der Waals surface area contributed by atoms with Crippen LogP contribution in [-0.4, -0.2) is 10.2 Å². The maximum Gasteiger partial charge on any atom is 0.200 e. The Bertz CT molecular complexity index is 850. The summed E-state index contributed by atoms with van der Waals surface area (Å²) in [5.74, 6) is -0.477. The molecule has 5 heteroatoms. The minimum atomic E-state index is -0.334. The molecule has 0 unspecified atom stereocenters. The summed E-state index contributed by atoms with van der Waals surface area (Å²) < 4.78 is 5.30. The van der Waals surface area contributed by atoms with Crippen molar-refractivity contribution >= 4 is 22.6 Å². The molecule has 0 atom stereocenters. The molecule has 0 spiro atoms. The van der Waals surface area contributed by atoms with Gasteiger partial charge >= 0.3 is 0 Å². The first-order valence-electron chi connectivity index (χ1n) is 5.79. The number of hydrogen-bond acceptors (Lipinski definition) is 4. The molecule has 0 aliphatic rings. The Labute approximate surface area is 118 Å². The van der Waals surface area contributed by atoms with Crippen LogP contribution in [0.2, 0.25) is 5.02 Å². The van der Waals surface area contributed by atoms with Crippen LogP contribution in [0.1, 0.15) is 0 Å². The fraction of sp³-hybridized carbons (Fsp3) is 0. The molecule has 0 aliphatic carbocycles. The van der Waals surface area contributed by atoms with Crippen molar-refractivity contribution in [1.82, 2.24) is 0 Å². The SMILES string of the molecule is O=c1c(-c2ccc(Cl)cc2)coc2c(O)cc(O)cc12. The molecule has 0 amide bonds. The summed E-state index contributed by atoms with van der Waals surface area (Å²) >= 11 is 5.81. The van der Waals surface area contributed by atoms with Gasteiger partial charge in [-0.25, -0.2) is 0 Å². The molecule has 1 heterocycles. The zero-order chi connectivity index (χ0) is 14.3. The van der Waals surface area contributed by atoms with Crippen LogP contribution in [0.4, 0.5) is 0 Å². The van der Waals surface area contributed by atoms with E-state index in [1.54, 1.807) is 24.3 Å². The Balaban J connectivity index is 2.31. The average Bonchev–Trinajstić information content (AvgIpc) is 2.41. The van der Waals surface area contributed by atoms with Gasteiger partial charge in [-0.15, -0.1) is 0 Å². The van der Waals surface area contributed by atoms with Gasteiger partial charge in [-0.3, -0.25) is 4.79 Å². The Hall–Kier alpha value is -2.46. The molecule has 0 fully saturated rings. The van der Waals surface area contributed by atoms with Crippen molar-refractivity contribution < 1.29 is 14.6 Å². The molecule has 2 N–H and O–H groups in total. The van der Waals surface area contributed by atoms with Crippen molar-refractivity contribution in [3.63, 3.8) is 0 Å². The zero-order valence-electron chi connectivity index (χ0n) is 10.1. The highest BCUT2D eigenvalue weighted by atomic mass is 35.5. The standard InChI is InChI=1S/C15H9ClO4/c16-9-3-1-8(2-4-9)12-7-20-15-11(14(12)19)5-10(17)6-13(15)18/h1-7,17-18H. The summed E-state index contributed by atoms with van der Waals surface area (Å²) in [5, 5.41) is 19.8. The molecule has 3 rings (SSSR count). The molecular formula is C15H9ClO4. The Morgan fingerprint density at radius 2 is 1.75 bits per heavy atom. The lowest BCUT2D eigenvalue weighted by atomic mass is 10.1. The van der Waals surface area contributed by atoms with Crippen molar-refractivity contribution in [2.24, 2.45) is 0 Å². The van der Waals surface area contributed by atoms with E-state index < -0.39 is 0 Å². The van der Waals surface area contributed by atoms with Gasteiger partial charge in [0.05, 0.1) is 10.9 Å². The van der Waals surface area contributed by atoms with Crippen LogP contribution < -0.4 is 5.43 Å². The Morgan fingerprint density at radius 1 is 1.05 bits per heavy atom. The Morgan fingerprint density at radius 3 is 2.45 bits per heavy atom. The molecular weight excluding hydrogens is 280 g/mol. The molecule has 2 aromatic carbocycles. The second kappa shape index (κ2) is 4.58. The summed E-state index contributed by atoms with van der Waals surface area (Å²) in [7, 11) is 0. The highest BCUT2D eigenvalue weighted by molar-refractivity contribution is 6.30. The van der Waals surface area contributed by atoms with Crippen LogP contribution in [-0.2, 0) is 0 Å². The maximum absolute atomic E-state index is 12.4. The molecule has 0 radical (unpaired) electrons. The minimum Gasteiger partial charge on any atom is -0.508 e. The summed E-state index contributed by atoms with van der Waals surface area (Å²) in [5.41, 5.74) is 0.692. The summed E-state index contributed by atoms with van der Waals surface area (Å²) in [6.45, 7) is 0. The van der Waals surface area contributed by atoms with Crippen LogP contribution in [0, 0.1) is 0 Å². The average molecular weight is 289 g/mol. The van der Waals surface area contributed by atoms with Crippen LogP contribution in [0.15, 0.2) is 51.9 Å². The molecule has 0 saturated carbocycles. The summed E-state index contributed by atoms with van der Waals surface area (Å²) in [6.07, 6.45) is 1.28. The largest absolute Gasteiger partial charge is 0.508 e. The van der Waals surface area contributed by atoms with Crippen LogP contribution >= 0.6 is 11.6 Å². The molecule has 0 bridgehead atoms. The van der Waals surface area contributed by atoms with Crippen molar-refractivity contribution in [3.05, 3.63) is 57.9 Å². The Kier molecular flexibility index (Phi) is 2.88. The molecule has 4 nitrogen and oxygen atoms in total. The molecule has 0 aliphatic heterocycles. The van der Waals surface area contributed by atoms with Gasteiger partial charge < -0.3 is 14.6 Å². The third-order valence-corrected chi connectivity index (χ3v) is 3.25. The molecule has 0 saturated heterocycles. The maximum atomic E-state index is 12.4. The van der Waals surface area contributed by atoms with E-state index in [2.05, 4.69) is 0 Å². The van der Waals surface area contributed by atoms with Crippen molar-refractivity contribution in [1.29, 1.82) is 0 Å². The first-order chi connectivity index (χ1) is 9.56. The molecule has 100 valence electrons. The van der Waals surface area contributed by atoms with Gasteiger partial charge in [0, 0.05) is 11.1 Å². The number of hydrogen-bond donors (Lipinski definition) is 2.